The van der Waals surface area contributed by atoms with Crippen LogP contribution in [-0.4, -0.2) is 17.6 Å². The van der Waals surface area contributed by atoms with Crippen molar-refractivity contribution in [1.29, 1.82) is 0 Å². The second-order valence-corrected chi connectivity index (χ2v) is 5.50. The Balaban J connectivity index is 1.99. The van der Waals surface area contributed by atoms with Gasteiger partial charge in [0.15, 0.2) is 5.13 Å². The number of rotatable bonds is 7. The molecule has 0 bridgehead atoms. The lowest BCUT2D eigenvalue weighted by atomic mass is 10.1. The Hall–Kier alpha value is -1.88. The Morgan fingerprint density at radius 1 is 1.33 bits per heavy atom. The molecule has 112 valence electrons. The van der Waals surface area contributed by atoms with Gasteiger partial charge in [-0.15, -0.1) is 11.3 Å². The third kappa shape index (κ3) is 4.56. The topological polar surface area (TPSA) is 51.2 Å². The fraction of sp³-hybridized carbons (Fsp3) is 0.375. The summed E-state index contributed by atoms with van der Waals surface area (Å²) in [7, 11) is 0. The number of aromatic nitrogens is 1. The summed E-state index contributed by atoms with van der Waals surface area (Å²) >= 11 is 1.52. The molecule has 1 N–H and O–H groups in total. The first-order valence-corrected chi connectivity index (χ1v) is 8.02. The lowest BCUT2D eigenvalue weighted by Crippen LogP contribution is -2.10. The highest BCUT2D eigenvalue weighted by molar-refractivity contribution is 7.13. The molecular formula is C16H20N2O2S. The Morgan fingerprint density at radius 3 is 2.76 bits per heavy atom. The summed E-state index contributed by atoms with van der Waals surface area (Å²) in [6.45, 7) is 4.34. The number of hydrogen-bond acceptors (Lipinski definition) is 5. The first-order chi connectivity index (χ1) is 10.2. The number of carbonyl (C=O) groups excluding carboxylic acids is 1. The predicted molar refractivity (Wildman–Crippen MR) is 85.5 cm³/mol. The molecule has 1 unspecified atom stereocenters. The fourth-order valence-corrected chi connectivity index (χ4v) is 2.83. The molecule has 0 spiro atoms. The highest BCUT2D eigenvalue weighted by Crippen LogP contribution is 2.25. The van der Waals surface area contributed by atoms with E-state index in [9.17, 15) is 4.79 Å². The van der Waals surface area contributed by atoms with Crippen LogP contribution in [0.2, 0.25) is 0 Å². The Kier molecular flexibility index (Phi) is 5.75. The van der Waals surface area contributed by atoms with Crippen LogP contribution in [0.25, 0.3) is 0 Å². The summed E-state index contributed by atoms with van der Waals surface area (Å²) in [5.41, 5.74) is 1.99. The van der Waals surface area contributed by atoms with Crippen LogP contribution in [0.3, 0.4) is 0 Å². The van der Waals surface area contributed by atoms with E-state index in [1.165, 1.54) is 16.9 Å². The van der Waals surface area contributed by atoms with Gasteiger partial charge in [-0.05, 0) is 18.9 Å². The van der Waals surface area contributed by atoms with Crippen molar-refractivity contribution in [2.75, 3.05) is 11.9 Å². The van der Waals surface area contributed by atoms with Gasteiger partial charge in [0, 0.05) is 5.38 Å². The first-order valence-electron chi connectivity index (χ1n) is 7.14. The number of esters is 1. The van der Waals surface area contributed by atoms with E-state index in [4.69, 9.17) is 4.74 Å². The van der Waals surface area contributed by atoms with Crippen LogP contribution in [0.15, 0.2) is 35.7 Å². The number of benzene rings is 1. The molecular weight excluding hydrogens is 284 g/mol. The van der Waals surface area contributed by atoms with Crippen LogP contribution >= 0.6 is 11.3 Å². The molecule has 2 aromatic rings. The maximum absolute atomic E-state index is 11.4. The number of ether oxygens (including phenoxy) is 1. The van der Waals surface area contributed by atoms with Gasteiger partial charge in [0.25, 0.3) is 0 Å². The summed E-state index contributed by atoms with van der Waals surface area (Å²) < 4.78 is 4.93. The van der Waals surface area contributed by atoms with Crippen LogP contribution in [0.1, 0.15) is 37.6 Å². The van der Waals surface area contributed by atoms with E-state index in [-0.39, 0.29) is 18.4 Å². The standard InChI is InChI=1S/C16H20N2O2S/c1-3-14(12-8-6-5-7-9-12)18-16-17-13(11-21-16)10-15(19)20-4-2/h5-9,11,14H,3-4,10H2,1-2H3,(H,17,18). The van der Waals surface area contributed by atoms with E-state index >= 15 is 0 Å². The van der Waals surface area contributed by atoms with Crippen molar-refractivity contribution in [3.05, 3.63) is 47.0 Å². The summed E-state index contributed by atoms with van der Waals surface area (Å²) in [6, 6.07) is 10.5. The van der Waals surface area contributed by atoms with Crippen molar-refractivity contribution in [2.24, 2.45) is 0 Å². The number of hydrogen-bond donors (Lipinski definition) is 1. The number of carbonyl (C=O) groups is 1. The molecule has 5 heteroatoms. The normalized spacial score (nSPS) is 11.9. The van der Waals surface area contributed by atoms with Crippen LogP contribution in [0.5, 0.6) is 0 Å². The minimum Gasteiger partial charge on any atom is -0.466 e. The molecule has 0 saturated carbocycles. The quantitative estimate of drug-likeness (QED) is 0.790. The zero-order chi connectivity index (χ0) is 15.1. The van der Waals surface area contributed by atoms with Crippen molar-refractivity contribution < 1.29 is 9.53 Å². The average molecular weight is 304 g/mol. The smallest absolute Gasteiger partial charge is 0.311 e. The van der Waals surface area contributed by atoms with Gasteiger partial charge < -0.3 is 10.1 Å². The zero-order valence-corrected chi connectivity index (χ0v) is 13.2. The monoisotopic (exact) mass is 304 g/mol. The van der Waals surface area contributed by atoms with Gasteiger partial charge in [0.05, 0.1) is 24.8 Å². The van der Waals surface area contributed by atoms with Crippen molar-refractivity contribution in [3.8, 4) is 0 Å². The van der Waals surface area contributed by atoms with Gasteiger partial charge in [0.1, 0.15) is 0 Å². The molecule has 0 amide bonds. The molecule has 0 radical (unpaired) electrons. The van der Waals surface area contributed by atoms with Crippen molar-refractivity contribution in [2.45, 2.75) is 32.7 Å². The van der Waals surface area contributed by atoms with E-state index in [1.807, 2.05) is 23.6 Å². The lowest BCUT2D eigenvalue weighted by molar-refractivity contribution is -0.142. The number of nitrogens with zero attached hydrogens (tertiary/aromatic N) is 1. The molecule has 0 saturated heterocycles. The van der Waals surface area contributed by atoms with E-state index < -0.39 is 0 Å². The second-order valence-electron chi connectivity index (χ2n) is 4.64. The largest absolute Gasteiger partial charge is 0.466 e. The van der Waals surface area contributed by atoms with Crippen molar-refractivity contribution in [3.63, 3.8) is 0 Å². The minimum atomic E-state index is -0.232. The summed E-state index contributed by atoms with van der Waals surface area (Å²) in [5.74, 6) is -0.232. The minimum absolute atomic E-state index is 0.229. The molecule has 0 aliphatic carbocycles. The third-order valence-electron chi connectivity index (χ3n) is 3.09. The Labute approximate surface area is 129 Å². The van der Waals surface area contributed by atoms with Gasteiger partial charge in [0.2, 0.25) is 0 Å². The second kappa shape index (κ2) is 7.78. The maximum atomic E-state index is 11.4. The van der Waals surface area contributed by atoms with Gasteiger partial charge in [-0.3, -0.25) is 4.79 Å². The van der Waals surface area contributed by atoms with Crippen LogP contribution in [0.4, 0.5) is 5.13 Å². The molecule has 0 aliphatic heterocycles. The highest BCUT2D eigenvalue weighted by atomic mass is 32.1. The zero-order valence-electron chi connectivity index (χ0n) is 12.3. The maximum Gasteiger partial charge on any atom is 0.311 e. The molecule has 4 nitrogen and oxygen atoms in total. The summed E-state index contributed by atoms with van der Waals surface area (Å²) in [5, 5.41) is 6.16. The van der Waals surface area contributed by atoms with Crippen LogP contribution in [0, 0.1) is 0 Å². The van der Waals surface area contributed by atoms with E-state index in [1.54, 1.807) is 6.92 Å². The Bertz CT molecular complexity index is 569. The molecule has 1 atom stereocenters. The summed E-state index contributed by atoms with van der Waals surface area (Å²) in [6.07, 6.45) is 1.20. The molecule has 0 aliphatic rings. The first kappa shape index (κ1) is 15.5. The predicted octanol–water partition coefficient (Wildman–Crippen LogP) is 3.81. The van der Waals surface area contributed by atoms with E-state index in [2.05, 4.69) is 29.4 Å². The fourth-order valence-electron chi connectivity index (χ4n) is 2.07. The van der Waals surface area contributed by atoms with Crippen LogP contribution in [-0.2, 0) is 16.0 Å². The summed E-state index contributed by atoms with van der Waals surface area (Å²) in [4.78, 5) is 15.9. The van der Waals surface area contributed by atoms with Crippen LogP contribution < -0.4 is 5.32 Å². The SMILES string of the molecule is CCOC(=O)Cc1csc(NC(CC)c2ccccc2)n1. The molecule has 21 heavy (non-hydrogen) atoms. The van der Waals surface area contributed by atoms with E-state index in [0.717, 1.165) is 17.2 Å². The lowest BCUT2D eigenvalue weighted by Gasteiger charge is -2.16. The Morgan fingerprint density at radius 2 is 2.10 bits per heavy atom. The average Bonchev–Trinajstić information content (AvgIpc) is 2.93. The molecule has 2 rings (SSSR count). The number of nitrogens with one attached hydrogen (secondary N) is 1. The third-order valence-corrected chi connectivity index (χ3v) is 3.91. The van der Waals surface area contributed by atoms with E-state index in [0.29, 0.717) is 6.61 Å². The van der Waals surface area contributed by atoms with Gasteiger partial charge in [-0.25, -0.2) is 4.98 Å². The molecule has 1 heterocycles. The van der Waals surface area contributed by atoms with Crippen molar-refractivity contribution >= 4 is 22.4 Å². The van der Waals surface area contributed by atoms with Gasteiger partial charge >= 0.3 is 5.97 Å². The molecule has 1 aromatic carbocycles. The number of anilines is 1. The molecule has 1 aromatic heterocycles. The van der Waals surface area contributed by atoms with Crippen molar-refractivity contribution in [1.82, 2.24) is 4.98 Å². The molecule has 0 fully saturated rings. The van der Waals surface area contributed by atoms with Gasteiger partial charge in [-0.2, -0.15) is 0 Å². The van der Waals surface area contributed by atoms with Gasteiger partial charge in [-0.1, -0.05) is 37.3 Å². The number of thiazole rings is 1. The highest BCUT2D eigenvalue weighted by Gasteiger charge is 2.12.